The van der Waals surface area contributed by atoms with Crippen molar-refractivity contribution in [3.8, 4) is 0 Å². The normalized spacial score (nSPS) is 35.6. The molecule has 74 valence electrons. The highest BCUT2D eigenvalue weighted by molar-refractivity contribution is 5.19. The van der Waals surface area contributed by atoms with Crippen molar-refractivity contribution in [2.24, 2.45) is 0 Å². The Morgan fingerprint density at radius 1 is 1.31 bits per heavy atom. The first kappa shape index (κ1) is 9.22. The van der Waals surface area contributed by atoms with E-state index in [1.165, 1.54) is 24.8 Å². The van der Waals surface area contributed by atoms with Crippen LogP contribution in [0.3, 0.4) is 0 Å². The average Bonchev–Trinajstić information content (AvgIpc) is 2.44. The Kier molecular flexibility index (Phi) is 2.70. The van der Waals surface area contributed by atoms with E-state index < -0.39 is 5.60 Å². The van der Waals surface area contributed by atoms with Gasteiger partial charge in [-0.2, -0.15) is 0 Å². The van der Waals surface area contributed by atoms with Gasteiger partial charge in [-0.05, 0) is 31.3 Å². The van der Waals surface area contributed by atoms with Gasteiger partial charge in [0.25, 0.3) is 0 Å². The van der Waals surface area contributed by atoms with Crippen molar-refractivity contribution in [1.29, 1.82) is 0 Å². The SMILES string of the molecule is OC1(C2=CCCCCC2)CCOC1. The van der Waals surface area contributed by atoms with Gasteiger partial charge in [-0.1, -0.05) is 12.5 Å². The molecule has 2 heteroatoms. The minimum absolute atomic E-state index is 0.513. The van der Waals surface area contributed by atoms with E-state index >= 15 is 0 Å². The van der Waals surface area contributed by atoms with Crippen molar-refractivity contribution < 1.29 is 9.84 Å². The summed E-state index contributed by atoms with van der Waals surface area (Å²) in [6, 6.07) is 0. The van der Waals surface area contributed by atoms with Crippen molar-refractivity contribution in [3.05, 3.63) is 11.6 Å². The molecule has 0 aromatic carbocycles. The Hall–Kier alpha value is -0.340. The molecule has 1 fully saturated rings. The summed E-state index contributed by atoms with van der Waals surface area (Å²) in [6.45, 7) is 1.23. The summed E-state index contributed by atoms with van der Waals surface area (Å²) >= 11 is 0. The van der Waals surface area contributed by atoms with Gasteiger partial charge in [0.2, 0.25) is 0 Å². The third-order valence-corrected chi connectivity index (χ3v) is 3.14. The second-order valence-electron chi connectivity index (χ2n) is 4.16. The van der Waals surface area contributed by atoms with Crippen LogP contribution in [0.25, 0.3) is 0 Å². The topological polar surface area (TPSA) is 29.5 Å². The summed E-state index contributed by atoms with van der Waals surface area (Å²) < 4.78 is 5.26. The Bertz CT molecular complexity index is 202. The number of allylic oxidation sites excluding steroid dienone is 1. The molecular formula is C11H18O2. The monoisotopic (exact) mass is 182 g/mol. The predicted molar refractivity (Wildman–Crippen MR) is 51.6 cm³/mol. The van der Waals surface area contributed by atoms with E-state index in [2.05, 4.69) is 6.08 Å². The van der Waals surface area contributed by atoms with Gasteiger partial charge in [-0.15, -0.1) is 0 Å². The summed E-state index contributed by atoms with van der Waals surface area (Å²) in [4.78, 5) is 0. The number of aliphatic hydroxyl groups is 1. The third kappa shape index (κ3) is 1.94. The van der Waals surface area contributed by atoms with Crippen molar-refractivity contribution >= 4 is 0 Å². The average molecular weight is 182 g/mol. The molecule has 1 atom stereocenters. The largest absolute Gasteiger partial charge is 0.383 e. The van der Waals surface area contributed by atoms with Gasteiger partial charge in [-0.3, -0.25) is 0 Å². The van der Waals surface area contributed by atoms with E-state index in [4.69, 9.17) is 4.74 Å². The first-order chi connectivity index (χ1) is 6.31. The fourth-order valence-corrected chi connectivity index (χ4v) is 2.25. The first-order valence-corrected chi connectivity index (χ1v) is 5.31. The molecule has 2 nitrogen and oxygen atoms in total. The number of hydrogen-bond donors (Lipinski definition) is 1. The molecule has 0 aromatic heterocycles. The fourth-order valence-electron chi connectivity index (χ4n) is 2.25. The molecule has 0 spiro atoms. The van der Waals surface area contributed by atoms with Gasteiger partial charge in [-0.25, -0.2) is 0 Å². The summed E-state index contributed by atoms with van der Waals surface area (Å²) in [6.07, 6.45) is 9.05. The quantitative estimate of drug-likeness (QED) is 0.629. The molecule has 1 aliphatic heterocycles. The zero-order chi connectivity index (χ0) is 9.15. The van der Waals surface area contributed by atoms with Crippen LogP contribution in [0.5, 0.6) is 0 Å². The molecule has 0 aromatic rings. The molecular weight excluding hydrogens is 164 g/mol. The highest BCUT2D eigenvalue weighted by Gasteiger charge is 2.35. The van der Waals surface area contributed by atoms with Gasteiger partial charge in [0.15, 0.2) is 0 Å². The van der Waals surface area contributed by atoms with Gasteiger partial charge in [0, 0.05) is 13.0 Å². The maximum Gasteiger partial charge on any atom is 0.111 e. The second-order valence-corrected chi connectivity index (χ2v) is 4.16. The lowest BCUT2D eigenvalue weighted by Gasteiger charge is -2.23. The summed E-state index contributed by atoms with van der Waals surface area (Å²) in [7, 11) is 0. The van der Waals surface area contributed by atoms with Crippen LogP contribution >= 0.6 is 0 Å². The van der Waals surface area contributed by atoms with Crippen molar-refractivity contribution in [2.75, 3.05) is 13.2 Å². The molecule has 0 bridgehead atoms. The molecule has 0 saturated carbocycles. The van der Waals surface area contributed by atoms with E-state index in [9.17, 15) is 5.11 Å². The highest BCUT2D eigenvalue weighted by atomic mass is 16.5. The first-order valence-electron chi connectivity index (χ1n) is 5.31. The van der Waals surface area contributed by atoms with Crippen LogP contribution in [0.15, 0.2) is 11.6 Å². The minimum Gasteiger partial charge on any atom is -0.383 e. The van der Waals surface area contributed by atoms with Crippen LogP contribution in [-0.2, 0) is 4.74 Å². The summed E-state index contributed by atoms with van der Waals surface area (Å²) in [5.74, 6) is 0. The van der Waals surface area contributed by atoms with E-state index in [1.807, 2.05) is 0 Å². The van der Waals surface area contributed by atoms with Gasteiger partial charge < -0.3 is 9.84 Å². The standard InChI is InChI=1S/C11H18O2/c12-11(7-8-13-9-11)10-5-3-1-2-4-6-10/h5,12H,1-4,6-9H2. The number of rotatable bonds is 1. The molecule has 1 aliphatic carbocycles. The van der Waals surface area contributed by atoms with E-state index in [1.54, 1.807) is 0 Å². The molecule has 0 amide bonds. The Morgan fingerprint density at radius 2 is 2.23 bits per heavy atom. The van der Waals surface area contributed by atoms with Gasteiger partial charge in [0.1, 0.15) is 5.60 Å². The molecule has 2 rings (SSSR count). The van der Waals surface area contributed by atoms with Crippen LogP contribution in [0.2, 0.25) is 0 Å². The molecule has 0 radical (unpaired) electrons. The third-order valence-electron chi connectivity index (χ3n) is 3.14. The predicted octanol–water partition coefficient (Wildman–Crippen LogP) is 2.03. The molecule has 1 saturated heterocycles. The van der Waals surface area contributed by atoms with Crippen LogP contribution in [-0.4, -0.2) is 23.9 Å². The van der Waals surface area contributed by atoms with Crippen molar-refractivity contribution in [2.45, 2.75) is 44.1 Å². The van der Waals surface area contributed by atoms with E-state index in [0.717, 1.165) is 19.3 Å². The Balaban J connectivity index is 2.08. The number of ether oxygens (including phenoxy) is 1. The van der Waals surface area contributed by atoms with Crippen molar-refractivity contribution in [3.63, 3.8) is 0 Å². The smallest absolute Gasteiger partial charge is 0.111 e. The molecule has 1 unspecified atom stereocenters. The lowest BCUT2D eigenvalue weighted by atomic mass is 9.89. The molecule has 2 aliphatic rings. The van der Waals surface area contributed by atoms with Crippen LogP contribution in [0, 0.1) is 0 Å². The molecule has 13 heavy (non-hydrogen) atoms. The molecule has 1 heterocycles. The lowest BCUT2D eigenvalue weighted by Crippen LogP contribution is -2.31. The maximum absolute atomic E-state index is 10.2. The maximum atomic E-state index is 10.2. The summed E-state index contributed by atoms with van der Waals surface area (Å²) in [5, 5.41) is 10.2. The Labute approximate surface area is 79.6 Å². The van der Waals surface area contributed by atoms with Crippen LogP contribution < -0.4 is 0 Å². The molecule has 1 N–H and O–H groups in total. The van der Waals surface area contributed by atoms with E-state index in [-0.39, 0.29) is 0 Å². The van der Waals surface area contributed by atoms with Gasteiger partial charge >= 0.3 is 0 Å². The number of hydrogen-bond acceptors (Lipinski definition) is 2. The Morgan fingerprint density at radius 3 is 3.00 bits per heavy atom. The zero-order valence-electron chi connectivity index (χ0n) is 8.09. The second kappa shape index (κ2) is 3.81. The highest BCUT2D eigenvalue weighted by Crippen LogP contribution is 2.32. The fraction of sp³-hybridized carbons (Fsp3) is 0.818. The minimum atomic E-state index is -0.607. The summed E-state index contributed by atoms with van der Waals surface area (Å²) in [5.41, 5.74) is 0.632. The van der Waals surface area contributed by atoms with Crippen LogP contribution in [0.1, 0.15) is 38.5 Å². The van der Waals surface area contributed by atoms with Gasteiger partial charge in [0.05, 0.1) is 6.61 Å². The lowest BCUT2D eigenvalue weighted by molar-refractivity contribution is 0.0553. The zero-order valence-corrected chi connectivity index (χ0v) is 8.09. The van der Waals surface area contributed by atoms with E-state index in [0.29, 0.717) is 13.2 Å². The van der Waals surface area contributed by atoms with Crippen molar-refractivity contribution in [1.82, 2.24) is 0 Å². The van der Waals surface area contributed by atoms with Crippen LogP contribution in [0.4, 0.5) is 0 Å².